The molecule has 0 fully saturated rings. The lowest BCUT2D eigenvalue weighted by atomic mass is 10.2. The van der Waals surface area contributed by atoms with Crippen LogP contribution in [-0.4, -0.2) is 18.8 Å². The number of thioether (sulfide) groups is 1. The maximum absolute atomic E-state index is 12.7. The van der Waals surface area contributed by atoms with E-state index in [9.17, 15) is 4.39 Å². The maximum atomic E-state index is 12.7. The van der Waals surface area contributed by atoms with Crippen molar-refractivity contribution in [2.45, 2.75) is 25.2 Å². The zero-order valence-electron chi connectivity index (χ0n) is 10.0. The molecular weight excluding hydrogens is 221 g/mol. The first kappa shape index (κ1) is 13.5. The Morgan fingerprint density at radius 1 is 1.31 bits per heavy atom. The first-order valence-corrected chi connectivity index (χ1v) is 6.80. The number of rotatable bonds is 7. The van der Waals surface area contributed by atoms with Gasteiger partial charge in [-0.3, -0.25) is 0 Å². The van der Waals surface area contributed by atoms with Crippen molar-refractivity contribution in [1.82, 2.24) is 5.32 Å². The van der Waals surface area contributed by atoms with Crippen molar-refractivity contribution < 1.29 is 4.39 Å². The summed E-state index contributed by atoms with van der Waals surface area (Å²) in [7, 11) is 0. The molecule has 3 heteroatoms. The number of halogens is 1. The predicted octanol–water partition coefficient (Wildman–Crippen LogP) is 3.55. The van der Waals surface area contributed by atoms with Crippen molar-refractivity contribution in [2.24, 2.45) is 5.92 Å². The van der Waals surface area contributed by atoms with Crippen LogP contribution < -0.4 is 5.32 Å². The normalized spacial score (nSPS) is 12.7. The fourth-order valence-corrected chi connectivity index (χ4v) is 2.28. The molecule has 1 aromatic rings. The van der Waals surface area contributed by atoms with E-state index in [1.54, 1.807) is 11.8 Å². The van der Waals surface area contributed by atoms with Crippen molar-refractivity contribution in [3.63, 3.8) is 0 Å². The van der Waals surface area contributed by atoms with Gasteiger partial charge in [0, 0.05) is 10.6 Å². The summed E-state index contributed by atoms with van der Waals surface area (Å²) in [5.74, 6) is 1.55. The van der Waals surface area contributed by atoms with Crippen LogP contribution in [0.5, 0.6) is 0 Å². The lowest BCUT2D eigenvalue weighted by molar-refractivity contribution is 0.557. The van der Waals surface area contributed by atoms with E-state index in [-0.39, 0.29) is 5.82 Å². The standard InChI is InChI=1S/C13H20FNS/c1-3-8-15-9-11(2)10-16-13-6-4-12(14)5-7-13/h4-7,11,15H,3,8-10H2,1-2H3. The second-order valence-corrected chi connectivity index (χ2v) is 5.17. The minimum atomic E-state index is -0.165. The smallest absolute Gasteiger partial charge is 0.123 e. The summed E-state index contributed by atoms with van der Waals surface area (Å²) in [5.41, 5.74) is 0. The topological polar surface area (TPSA) is 12.0 Å². The summed E-state index contributed by atoms with van der Waals surface area (Å²) >= 11 is 1.79. The Hall–Kier alpha value is -0.540. The van der Waals surface area contributed by atoms with Gasteiger partial charge in [0.2, 0.25) is 0 Å². The Morgan fingerprint density at radius 3 is 2.62 bits per heavy atom. The fraction of sp³-hybridized carbons (Fsp3) is 0.538. The molecule has 0 aliphatic rings. The Labute approximate surface area is 102 Å². The average molecular weight is 241 g/mol. The molecule has 0 aliphatic heterocycles. The van der Waals surface area contributed by atoms with Crippen LogP contribution in [0.15, 0.2) is 29.2 Å². The van der Waals surface area contributed by atoms with Gasteiger partial charge in [-0.05, 0) is 49.7 Å². The van der Waals surface area contributed by atoms with E-state index in [0.29, 0.717) is 5.92 Å². The monoisotopic (exact) mass is 241 g/mol. The van der Waals surface area contributed by atoms with E-state index >= 15 is 0 Å². The summed E-state index contributed by atoms with van der Waals surface area (Å²) in [6, 6.07) is 6.71. The van der Waals surface area contributed by atoms with Gasteiger partial charge in [0.25, 0.3) is 0 Å². The predicted molar refractivity (Wildman–Crippen MR) is 69.4 cm³/mol. The molecule has 0 saturated carbocycles. The molecule has 0 saturated heterocycles. The third-order valence-corrected chi connectivity index (χ3v) is 3.61. The molecule has 90 valence electrons. The quantitative estimate of drug-likeness (QED) is 0.579. The zero-order valence-corrected chi connectivity index (χ0v) is 10.8. The highest BCUT2D eigenvalue weighted by molar-refractivity contribution is 7.99. The number of hydrogen-bond acceptors (Lipinski definition) is 2. The molecule has 1 nitrogen and oxygen atoms in total. The molecule has 16 heavy (non-hydrogen) atoms. The summed E-state index contributed by atoms with van der Waals surface area (Å²) < 4.78 is 12.7. The van der Waals surface area contributed by atoms with Gasteiger partial charge >= 0.3 is 0 Å². The molecule has 0 spiro atoms. The average Bonchev–Trinajstić information content (AvgIpc) is 2.29. The summed E-state index contributed by atoms with van der Waals surface area (Å²) in [4.78, 5) is 1.14. The lowest BCUT2D eigenvalue weighted by Gasteiger charge is -2.11. The summed E-state index contributed by atoms with van der Waals surface area (Å²) in [6.07, 6.45) is 1.18. The van der Waals surface area contributed by atoms with Gasteiger partial charge < -0.3 is 5.32 Å². The molecule has 0 heterocycles. The second-order valence-electron chi connectivity index (χ2n) is 4.07. The highest BCUT2D eigenvalue weighted by Gasteiger charge is 2.02. The van der Waals surface area contributed by atoms with Gasteiger partial charge in [-0.2, -0.15) is 0 Å². The Bertz CT molecular complexity index is 286. The van der Waals surface area contributed by atoms with Gasteiger partial charge in [-0.15, -0.1) is 11.8 Å². The van der Waals surface area contributed by atoms with Crippen LogP contribution >= 0.6 is 11.8 Å². The van der Waals surface area contributed by atoms with Crippen LogP contribution in [0.2, 0.25) is 0 Å². The largest absolute Gasteiger partial charge is 0.316 e. The molecular formula is C13H20FNS. The zero-order chi connectivity index (χ0) is 11.8. The molecule has 0 radical (unpaired) electrons. The second kappa shape index (κ2) is 7.69. The molecule has 0 amide bonds. The van der Waals surface area contributed by atoms with E-state index in [2.05, 4.69) is 19.2 Å². The molecule has 1 rings (SSSR count). The third kappa shape index (κ3) is 5.52. The van der Waals surface area contributed by atoms with Crippen molar-refractivity contribution in [3.8, 4) is 0 Å². The van der Waals surface area contributed by atoms with Gasteiger partial charge in [0.05, 0.1) is 0 Å². The molecule has 1 unspecified atom stereocenters. The van der Waals surface area contributed by atoms with E-state index in [1.807, 2.05) is 12.1 Å². The number of hydrogen-bond donors (Lipinski definition) is 1. The number of benzene rings is 1. The molecule has 0 aromatic heterocycles. The minimum Gasteiger partial charge on any atom is -0.316 e. The molecule has 1 aromatic carbocycles. The Kier molecular flexibility index (Phi) is 6.50. The van der Waals surface area contributed by atoms with Gasteiger partial charge in [0.15, 0.2) is 0 Å². The van der Waals surface area contributed by atoms with Crippen LogP contribution in [0.3, 0.4) is 0 Å². The fourth-order valence-electron chi connectivity index (χ4n) is 1.35. The molecule has 1 atom stereocenters. The van der Waals surface area contributed by atoms with Crippen molar-refractivity contribution in [3.05, 3.63) is 30.1 Å². The maximum Gasteiger partial charge on any atom is 0.123 e. The number of nitrogens with one attached hydrogen (secondary N) is 1. The highest BCUT2D eigenvalue weighted by atomic mass is 32.2. The van der Waals surface area contributed by atoms with Gasteiger partial charge in [-0.25, -0.2) is 4.39 Å². The lowest BCUT2D eigenvalue weighted by Crippen LogP contribution is -2.23. The first-order valence-electron chi connectivity index (χ1n) is 5.81. The van der Waals surface area contributed by atoms with Crippen LogP contribution in [0.25, 0.3) is 0 Å². The van der Waals surface area contributed by atoms with Crippen molar-refractivity contribution in [1.29, 1.82) is 0 Å². The van der Waals surface area contributed by atoms with Crippen LogP contribution in [0.1, 0.15) is 20.3 Å². The Morgan fingerprint density at radius 2 is 2.00 bits per heavy atom. The highest BCUT2D eigenvalue weighted by Crippen LogP contribution is 2.20. The van der Waals surface area contributed by atoms with Crippen LogP contribution in [-0.2, 0) is 0 Å². The van der Waals surface area contributed by atoms with E-state index in [0.717, 1.165) is 23.7 Å². The molecule has 0 bridgehead atoms. The van der Waals surface area contributed by atoms with Gasteiger partial charge in [0.1, 0.15) is 5.82 Å². The van der Waals surface area contributed by atoms with E-state index in [4.69, 9.17) is 0 Å². The molecule has 0 aliphatic carbocycles. The summed E-state index contributed by atoms with van der Waals surface area (Å²) in [5, 5.41) is 3.41. The van der Waals surface area contributed by atoms with Crippen molar-refractivity contribution in [2.75, 3.05) is 18.8 Å². The SMILES string of the molecule is CCCNCC(C)CSc1ccc(F)cc1. The summed E-state index contributed by atoms with van der Waals surface area (Å²) in [6.45, 7) is 6.55. The van der Waals surface area contributed by atoms with Crippen molar-refractivity contribution >= 4 is 11.8 Å². The van der Waals surface area contributed by atoms with E-state index in [1.165, 1.54) is 18.6 Å². The minimum absolute atomic E-state index is 0.165. The van der Waals surface area contributed by atoms with Crippen LogP contribution in [0.4, 0.5) is 4.39 Å². The van der Waals surface area contributed by atoms with Gasteiger partial charge in [-0.1, -0.05) is 13.8 Å². The Balaban J connectivity index is 2.20. The van der Waals surface area contributed by atoms with E-state index < -0.39 is 0 Å². The van der Waals surface area contributed by atoms with Crippen LogP contribution in [0, 0.1) is 11.7 Å². The first-order chi connectivity index (χ1) is 7.72. The molecule has 1 N–H and O–H groups in total. The third-order valence-electron chi connectivity index (χ3n) is 2.27.